The summed E-state index contributed by atoms with van der Waals surface area (Å²) in [5.41, 5.74) is 0.259. The number of hydrogen-bond acceptors (Lipinski definition) is 8. The van der Waals surface area contributed by atoms with Crippen LogP contribution in [0.1, 0.15) is 24.2 Å². The zero-order valence-electron chi connectivity index (χ0n) is 16.7. The van der Waals surface area contributed by atoms with E-state index in [1.54, 1.807) is 13.8 Å². The molecule has 0 saturated heterocycles. The van der Waals surface area contributed by atoms with E-state index in [0.29, 0.717) is 0 Å². The van der Waals surface area contributed by atoms with E-state index in [1.807, 2.05) is 0 Å². The Morgan fingerprint density at radius 3 is 2.40 bits per heavy atom. The third kappa shape index (κ3) is 6.05. The highest BCUT2D eigenvalue weighted by molar-refractivity contribution is 6.04. The summed E-state index contributed by atoms with van der Waals surface area (Å²) in [6, 6.07) is 5.82. The molecule has 0 aliphatic heterocycles. The fourth-order valence-corrected chi connectivity index (χ4v) is 2.70. The highest BCUT2D eigenvalue weighted by atomic mass is 16.6. The summed E-state index contributed by atoms with van der Waals surface area (Å²) in [7, 11) is 0. The van der Waals surface area contributed by atoms with Crippen LogP contribution in [0, 0.1) is 5.92 Å². The number of benzene rings is 1. The molecule has 8 nitrogen and oxygen atoms in total. The van der Waals surface area contributed by atoms with Crippen LogP contribution in [0.3, 0.4) is 0 Å². The average molecular weight is 416 g/mol. The first-order valence-corrected chi connectivity index (χ1v) is 9.45. The van der Waals surface area contributed by atoms with Crippen molar-refractivity contribution in [3.8, 4) is 5.75 Å². The summed E-state index contributed by atoms with van der Waals surface area (Å²) in [6.07, 6.45) is 4.38. The van der Waals surface area contributed by atoms with Gasteiger partial charge in [-0.05, 0) is 38.1 Å². The van der Waals surface area contributed by atoms with E-state index in [2.05, 4.69) is 0 Å². The molecule has 1 aromatic carbocycles. The first kappa shape index (κ1) is 22.9. The Balaban J connectivity index is 2.22. The molecule has 8 heteroatoms. The number of allylic oxidation sites excluding steroid dienone is 3. The monoisotopic (exact) mass is 416 g/mol. The van der Waals surface area contributed by atoms with Gasteiger partial charge in [0, 0.05) is 5.56 Å². The smallest absolute Gasteiger partial charge is 0.359 e. The quantitative estimate of drug-likeness (QED) is 0.272. The molecule has 0 aromatic heterocycles. The van der Waals surface area contributed by atoms with Crippen molar-refractivity contribution in [3.05, 3.63) is 66.0 Å². The predicted molar refractivity (Wildman–Crippen MR) is 106 cm³/mol. The van der Waals surface area contributed by atoms with Gasteiger partial charge in [0.1, 0.15) is 11.5 Å². The summed E-state index contributed by atoms with van der Waals surface area (Å²) in [5, 5.41) is 19.8. The van der Waals surface area contributed by atoms with E-state index in [1.165, 1.54) is 54.6 Å². The number of esters is 2. The second-order valence-corrected chi connectivity index (χ2v) is 6.25. The Morgan fingerprint density at radius 2 is 1.80 bits per heavy atom. The summed E-state index contributed by atoms with van der Waals surface area (Å²) in [6.45, 7) is 3.26. The minimum absolute atomic E-state index is 0.0431. The van der Waals surface area contributed by atoms with Crippen molar-refractivity contribution in [3.63, 3.8) is 0 Å². The molecular weight excluding hydrogens is 392 g/mol. The Bertz CT molecular complexity index is 850. The first-order valence-electron chi connectivity index (χ1n) is 9.45. The van der Waals surface area contributed by atoms with E-state index in [-0.39, 0.29) is 30.3 Å². The number of hydrogen-bond donors (Lipinski definition) is 2. The highest BCUT2D eigenvalue weighted by Gasteiger charge is 2.35. The van der Waals surface area contributed by atoms with Crippen LogP contribution in [0.25, 0.3) is 0 Å². The van der Waals surface area contributed by atoms with Gasteiger partial charge in [0.2, 0.25) is 0 Å². The minimum atomic E-state index is -1.66. The molecule has 0 saturated carbocycles. The van der Waals surface area contributed by atoms with Gasteiger partial charge in [-0.2, -0.15) is 0 Å². The second-order valence-electron chi connectivity index (χ2n) is 6.25. The Kier molecular flexibility index (Phi) is 8.37. The number of ketones is 1. The van der Waals surface area contributed by atoms with Crippen LogP contribution in [0.4, 0.5) is 0 Å². The normalized spacial score (nSPS) is 18.2. The topological polar surface area (TPSA) is 119 Å². The maximum Gasteiger partial charge on any atom is 0.359 e. The standard InChI is InChI=1S/C22H24O8/c1-3-28-21(26)20(22(27)29-4-2)30-19-10-6-9-18(25)16(19)11-12-17(24)14-7-5-8-15(23)13-14/h5-13,16,18,20,23,25H,3-4H2,1-2H3. The molecule has 0 heterocycles. The molecule has 1 aliphatic rings. The lowest BCUT2D eigenvalue weighted by Gasteiger charge is -2.26. The zero-order chi connectivity index (χ0) is 22.1. The lowest BCUT2D eigenvalue weighted by Crippen LogP contribution is -2.38. The Morgan fingerprint density at radius 1 is 1.13 bits per heavy atom. The van der Waals surface area contributed by atoms with Crippen LogP contribution in [-0.2, 0) is 23.8 Å². The second kappa shape index (κ2) is 11.0. The summed E-state index contributed by atoms with van der Waals surface area (Å²) < 4.78 is 15.3. The molecule has 0 radical (unpaired) electrons. The van der Waals surface area contributed by atoms with Crippen molar-refractivity contribution in [1.29, 1.82) is 0 Å². The maximum atomic E-state index is 12.4. The van der Waals surface area contributed by atoms with Gasteiger partial charge >= 0.3 is 11.9 Å². The molecule has 2 atom stereocenters. The zero-order valence-corrected chi connectivity index (χ0v) is 16.7. The van der Waals surface area contributed by atoms with Crippen molar-refractivity contribution >= 4 is 17.7 Å². The molecule has 30 heavy (non-hydrogen) atoms. The summed E-state index contributed by atoms with van der Waals surface area (Å²) in [4.78, 5) is 36.7. The van der Waals surface area contributed by atoms with E-state index in [0.717, 1.165) is 0 Å². The van der Waals surface area contributed by atoms with E-state index in [4.69, 9.17) is 14.2 Å². The number of carbonyl (C=O) groups is 3. The van der Waals surface area contributed by atoms with Gasteiger partial charge in [0.15, 0.2) is 5.78 Å². The molecular formula is C22H24O8. The van der Waals surface area contributed by atoms with E-state index >= 15 is 0 Å². The van der Waals surface area contributed by atoms with Crippen LogP contribution in [0.15, 0.2) is 60.4 Å². The summed E-state index contributed by atoms with van der Waals surface area (Å²) >= 11 is 0. The van der Waals surface area contributed by atoms with Crippen molar-refractivity contribution in [2.45, 2.75) is 26.1 Å². The van der Waals surface area contributed by atoms with E-state index < -0.39 is 35.8 Å². The van der Waals surface area contributed by atoms with Crippen LogP contribution in [0.2, 0.25) is 0 Å². The van der Waals surface area contributed by atoms with Gasteiger partial charge in [0.05, 0.1) is 25.2 Å². The van der Waals surface area contributed by atoms with Crippen molar-refractivity contribution < 1.29 is 38.8 Å². The molecule has 1 aromatic rings. The minimum Gasteiger partial charge on any atom is -0.508 e. The number of aliphatic hydroxyl groups is 1. The van der Waals surface area contributed by atoms with Gasteiger partial charge in [-0.15, -0.1) is 0 Å². The first-order chi connectivity index (χ1) is 14.4. The fraction of sp³-hybridized carbons (Fsp3) is 0.318. The van der Waals surface area contributed by atoms with Gasteiger partial charge < -0.3 is 24.4 Å². The summed E-state index contributed by atoms with van der Waals surface area (Å²) in [5.74, 6) is -3.03. The van der Waals surface area contributed by atoms with Gasteiger partial charge in [0.25, 0.3) is 6.10 Å². The molecule has 0 spiro atoms. The molecule has 2 rings (SSSR count). The maximum absolute atomic E-state index is 12.4. The SMILES string of the molecule is CCOC(=O)C(OC1=CC=CC(O)C1C=CC(=O)c1cccc(O)c1)C(=O)OCC. The molecule has 0 amide bonds. The lowest BCUT2D eigenvalue weighted by molar-refractivity contribution is -0.170. The Hall–Kier alpha value is -3.39. The van der Waals surface area contributed by atoms with Crippen molar-refractivity contribution in [2.24, 2.45) is 5.92 Å². The predicted octanol–water partition coefficient (Wildman–Crippen LogP) is 2.07. The van der Waals surface area contributed by atoms with Crippen LogP contribution in [0.5, 0.6) is 5.75 Å². The van der Waals surface area contributed by atoms with Gasteiger partial charge in [-0.3, -0.25) is 4.79 Å². The van der Waals surface area contributed by atoms with Crippen LogP contribution >= 0.6 is 0 Å². The lowest BCUT2D eigenvalue weighted by atomic mass is 9.94. The van der Waals surface area contributed by atoms with E-state index in [9.17, 15) is 24.6 Å². The third-order valence-corrected chi connectivity index (χ3v) is 4.11. The number of phenolic OH excluding ortho intramolecular Hbond substituents is 1. The van der Waals surface area contributed by atoms with Crippen LogP contribution < -0.4 is 0 Å². The molecule has 2 N–H and O–H groups in total. The molecule has 160 valence electrons. The molecule has 2 unspecified atom stereocenters. The molecule has 0 bridgehead atoms. The number of aromatic hydroxyl groups is 1. The van der Waals surface area contributed by atoms with Gasteiger partial charge in [-0.1, -0.05) is 30.4 Å². The fourth-order valence-electron chi connectivity index (χ4n) is 2.70. The highest BCUT2D eigenvalue weighted by Crippen LogP contribution is 2.26. The molecule has 0 fully saturated rings. The van der Waals surface area contributed by atoms with Crippen LogP contribution in [-0.4, -0.2) is 53.4 Å². The van der Waals surface area contributed by atoms with Gasteiger partial charge in [-0.25, -0.2) is 9.59 Å². The number of rotatable bonds is 9. The van der Waals surface area contributed by atoms with Crippen molar-refractivity contribution in [1.82, 2.24) is 0 Å². The number of aliphatic hydroxyl groups excluding tert-OH is 1. The number of carbonyl (C=O) groups excluding carboxylic acids is 3. The average Bonchev–Trinajstić information content (AvgIpc) is 2.71. The third-order valence-electron chi connectivity index (χ3n) is 4.11. The number of ether oxygens (including phenoxy) is 3. The largest absolute Gasteiger partial charge is 0.508 e. The van der Waals surface area contributed by atoms with Crippen molar-refractivity contribution in [2.75, 3.05) is 13.2 Å². The number of phenols is 1. The Labute approximate surface area is 174 Å². The molecule has 1 aliphatic carbocycles.